The minimum atomic E-state index is 0.843. The van der Waals surface area contributed by atoms with E-state index in [0.29, 0.717) is 0 Å². The summed E-state index contributed by atoms with van der Waals surface area (Å²) in [4.78, 5) is 0. The van der Waals surface area contributed by atoms with E-state index in [4.69, 9.17) is 0 Å². The molecule has 0 spiro atoms. The van der Waals surface area contributed by atoms with Crippen LogP contribution in [-0.2, 0) is 6.54 Å². The summed E-state index contributed by atoms with van der Waals surface area (Å²) in [7, 11) is 1.98. The van der Waals surface area contributed by atoms with Crippen molar-refractivity contribution in [2.75, 3.05) is 7.05 Å². The van der Waals surface area contributed by atoms with Crippen molar-refractivity contribution in [3.63, 3.8) is 0 Å². The molecule has 0 saturated carbocycles. The summed E-state index contributed by atoms with van der Waals surface area (Å²) in [5, 5.41) is 9.34. The van der Waals surface area contributed by atoms with E-state index in [1.165, 1.54) is 0 Å². The van der Waals surface area contributed by atoms with E-state index in [9.17, 15) is 0 Å². The van der Waals surface area contributed by atoms with Crippen molar-refractivity contribution in [1.82, 2.24) is 10.3 Å². The molecule has 0 aliphatic heterocycles. The van der Waals surface area contributed by atoms with Crippen LogP contribution in [-0.4, -0.2) is 17.4 Å². The van der Waals surface area contributed by atoms with Crippen LogP contribution in [0.3, 0.4) is 0 Å². The van der Waals surface area contributed by atoms with Crippen molar-refractivity contribution < 1.29 is 9.95 Å². The van der Waals surface area contributed by atoms with E-state index < -0.39 is 0 Å². The average molecular weight is 128 g/mol. The lowest BCUT2D eigenvalue weighted by Crippen LogP contribution is -2.77. The molecule has 0 bridgehead atoms. The van der Waals surface area contributed by atoms with Crippen molar-refractivity contribution in [1.29, 1.82) is 0 Å². The van der Waals surface area contributed by atoms with Gasteiger partial charge in [-0.15, -0.1) is 0 Å². The molecule has 0 unspecified atom stereocenters. The first-order valence-electron chi connectivity index (χ1n) is 2.90. The molecule has 0 saturated heterocycles. The monoisotopic (exact) mass is 128 g/mol. The highest BCUT2D eigenvalue weighted by molar-refractivity contribution is 5.01. The number of hydrogen-bond donors (Lipinski definition) is 1. The Morgan fingerprint density at radius 1 is 1.56 bits per heavy atom. The van der Waals surface area contributed by atoms with Gasteiger partial charge in [-0.2, -0.15) is 0 Å². The van der Waals surface area contributed by atoms with Gasteiger partial charge in [-0.1, -0.05) is 5.16 Å². The number of aryl methyl sites for hydroxylation is 1. The van der Waals surface area contributed by atoms with Crippen LogP contribution in [0.15, 0.2) is 4.63 Å². The van der Waals surface area contributed by atoms with Crippen molar-refractivity contribution in [3.05, 3.63) is 11.4 Å². The number of hydrogen-bond acceptors (Lipinski definition) is 3. The number of nitrogens with zero attached hydrogens (tertiary/aromatic N) is 2. The van der Waals surface area contributed by atoms with Crippen LogP contribution in [0.25, 0.3) is 0 Å². The van der Waals surface area contributed by atoms with Gasteiger partial charge in [0, 0.05) is 0 Å². The first-order chi connectivity index (χ1) is 4.34. The van der Waals surface area contributed by atoms with Crippen LogP contribution >= 0.6 is 0 Å². The largest absolute Gasteiger partial charge is 0.343 e. The van der Waals surface area contributed by atoms with Gasteiger partial charge in [-0.3, -0.25) is 0 Å². The van der Waals surface area contributed by atoms with Crippen LogP contribution < -0.4 is 5.32 Å². The summed E-state index contributed by atoms with van der Waals surface area (Å²) in [5.74, 6) is 0. The van der Waals surface area contributed by atoms with E-state index in [1.54, 1.807) is 0 Å². The maximum absolute atomic E-state index is 4.48. The molecule has 50 valence electrons. The molecule has 4 nitrogen and oxygen atoms in total. The minimum Gasteiger partial charge on any atom is -0.343 e. The molecule has 0 aliphatic carbocycles. The Morgan fingerprint density at radius 2 is 2.33 bits per heavy atom. The molecule has 0 amide bonds. The number of rotatable bonds is 2. The van der Waals surface area contributed by atoms with Gasteiger partial charge >= 0.3 is 0 Å². The predicted octanol–water partition coefficient (Wildman–Crippen LogP) is -0.929. The molecule has 0 fully saturated rings. The number of aromatic nitrogens is 2. The van der Waals surface area contributed by atoms with Crippen LogP contribution in [0.4, 0.5) is 0 Å². The second kappa shape index (κ2) is 2.59. The quantitative estimate of drug-likeness (QED) is 0.560. The molecule has 1 aromatic rings. The fourth-order valence-corrected chi connectivity index (χ4v) is 0.628. The predicted molar refractivity (Wildman–Crippen MR) is 30.6 cm³/mol. The fourth-order valence-electron chi connectivity index (χ4n) is 0.628. The summed E-state index contributed by atoms with van der Waals surface area (Å²) in [6, 6.07) is 0. The number of nitrogens with two attached hydrogens (primary N) is 1. The molecule has 2 N–H and O–H groups in total. The summed E-state index contributed by atoms with van der Waals surface area (Å²) >= 11 is 0. The summed E-state index contributed by atoms with van der Waals surface area (Å²) in [6.07, 6.45) is 0. The summed E-state index contributed by atoms with van der Waals surface area (Å²) in [6.45, 7) is 2.73. The molecule has 0 aromatic carbocycles. The van der Waals surface area contributed by atoms with E-state index in [1.807, 2.05) is 19.3 Å². The van der Waals surface area contributed by atoms with Gasteiger partial charge in [-0.05, 0) is 12.1 Å². The summed E-state index contributed by atoms with van der Waals surface area (Å²) in [5.41, 5.74) is 1.81. The molecule has 4 heteroatoms. The lowest BCUT2D eigenvalue weighted by atomic mass is 10.3. The van der Waals surface area contributed by atoms with Crippen molar-refractivity contribution in [3.8, 4) is 0 Å². The van der Waals surface area contributed by atoms with Crippen LogP contribution in [0.1, 0.15) is 11.4 Å². The van der Waals surface area contributed by atoms with E-state index in [2.05, 4.69) is 14.9 Å². The average Bonchev–Trinajstić information content (AvgIpc) is 2.18. The highest BCUT2D eigenvalue weighted by atomic mass is 16.6. The van der Waals surface area contributed by atoms with E-state index in [0.717, 1.165) is 17.9 Å². The highest BCUT2D eigenvalue weighted by Gasteiger charge is 2.03. The second-order valence-electron chi connectivity index (χ2n) is 1.91. The van der Waals surface area contributed by atoms with Crippen molar-refractivity contribution in [2.24, 2.45) is 0 Å². The van der Waals surface area contributed by atoms with Crippen molar-refractivity contribution >= 4 is 0 Å². The lowest BCUT2D eigenvalue weighted by molar-refractivity contribution is -0.644. The van der Waals surface area contributed by atoms with Gasteiger partial charge in [0.1, 0.15) is 12.2 Å². The Kier molecular flexibility index (Phi) is 1.79. The van der Waals surface area contributed by atoms with E-state index in [-0.39, 0.29) is 0 Å². The molecule has 9 heavy (non-hydrogen) atoms. The Morgan fingerprint density at radius 3 is 2.78 bits per heavy atom. The molecule has 1 heterocycles. The normalized spacial score (nSPS) is 10.0. The molecular weight excluding hydrogens is 118 g/mol. The van der Waals surface area contributed by atoms with Crippen molar-refractivity contribution in [2.45, 2.75) is 13.5 Å². The van der Waals surface area contributed by atoms with Gasteiger partial charge < -0.3 is 5.32 Å². The summed E-state index contributed by atoms with van der Waals surface area (Å²) < 4.78 is 4.48. The SMILES string of the molecule is C[NH2+]Cc1nonc1C. The standard InChI is InChI=1S/C5H9N3O/c1-4-5(3-6-2)8-9-7-4/h6H,3H2,1-2H3/p+1. The topological polar surface area (TPSA) is 55.5 Å². The zero-order chi connectivity index (χ0) is 6.69. The third kappa shape index (κ3) is 1.26. The molecular formula is C5H10N3O+. The molecule has 0 aliphatic rings. The molecule has 1 aromatic heterocycles. The maximum Gasteiger partial charge on any atom is 0.161 e. The van der Waals surface area contributed by atoms with Gasteiger partial charge in [0.05, 0.1) is 7.05 Å². The minimum absolute atomic E-state index is 0.843. The van der Waals surface area contributed by atoms with E-state index >= 15 is 0 Å². The second-order valence-corrected chi connectivity index (χ2v) is 1.91. The van der Waals surface area contributed by atoms with Gasteiger partial charge in [0.2, 0.25) is 0 Å². The third-order valence-electron chi connectivity index (χ3n) is 1.14. The third-order valence-corrected chi connectivity index (χ3v) is 1.14. The van der Waals surface area contributed by atoms with Gasteiger partial charge in [0.15, 0.2) is 5.69 Å². The first kappa shape index (κ1) is 6.22. The smallest absolute Gasteiger partial charge is 0.161 e. The van der Waals surface area contributed by atoms with Gasteiger partial charge in [0.25, 0.3) is 0 Å². The maximum atomic E-state index is 4.48. The fraction of sp³-hybridized carbons (Fsp3) is 0.600. The molecule has 0 atom stereocenters. The first-order valence-corrected chi connectivity index (χ1v) is 2.90. The van der Waals surface area contributed by atoms with Crippen LogP contribution in [0.2, 0.25) is 0 Å². The Balaban J connectivity index is 2.69. The van der Waals surface area contributed by atoms with Gasteiger partial charge in [-0.25, -0.2) is 4.63 Å². The Bertz CT molecular complexity index is 184. The lowest BCUT2D eigenvalue weighted by Gasteiger charge is -1.86. The van der Waals surface area contributed by atoms with Crippen LogP contribution in [0, 0.1) is 6.92 Å². The zero-order valence-electron chi connectivity index (χ0n) is 5.59. The zero-order valence-corrected chi connectivity index (χ0v) is 5.59. The van der Waals surface area contributed by atoms with Crippen LogP contribution in [0.5, 0.6) is 0 Å². The Hall–Kier alpha value is -0.900. The highest BCUT2D eigenvalue weighted by Crippen LogP contribution is 1.95. The molecule has 1 rings (SSSR count). The number of quaternary nitrogens is 1. The molecule has 0 radical (unpaired) electrons. The Labute approximate surface area is 53.2 Å².